The van der Waals surface area contributed by atoms with E-state index in [0.717, 1.165) is 16.4 Å². The Labute approximate surface area is 152 Å². The molecule has 3 aromatic carbocycles. The fourth-order valence-electron chi connectivity index (χ4n) is 2.34. The first-order valence-corrected chi connectivity index (χ1v) is 8.13. The summed E-state index contributed by atoms with van der Waals surface area (Å²) in [5.74, 6) is 1.18. The fraction of sp³-hybridized carbons (Fsp3) is 0. The van der Waals surface area contributed by atoms with Gasteiger partial charge in [-0.2, -0.15) is 0 Å². The highest BCUT2D eigenvalue weighted by atomic mass is 16.5. The lowest BCUT2D eigenvalue weighted by molar-refractivity contribution is -0.119. The molecule has 4 nitrogen and oxygen atoms in total. The van der Waals surface area contributed by atoms with Crippen LogP contribution in [0.2, 0.25) is 0 Å². The molecular weight excluding hydrogens is 326 g/mol. The number of nitrogens with zero attached hydrogens (tertiary/aromatic N) is 1. The van der Waals surface area contributed by atoms with E-state index in [1.165, 1.54) is 12.2 Å². The number of amides is 2. The van der Waals surface area contributed by atoms with Crippen LogP contribution >= 0.6 is 0 Å². The van der Waals surface area contributed by atoms with Crippen LogP contribution in [0.25, 0.3) is 0 Å². The molecule has 4 rings (SSSR count). The summed E-state index contributed by atoms with van der Waals surface area (Å²) in [4.78, 5) is 23.5. The summed E-state index contributed by atoms with van der Waals surface area (Å²) < 4.78 is 5.58. The summed E-state index contributed by atoms with van der Waals surface area (Å²) in [5, 5.41) is 0. The van der Waals surface area contributed by atoms with Gasteiger partial charge in [0.15, 0.2) is 0 Å². The number of carbonyl (C=O) groups is 2. The lowest BCUT2D eigenvalue weighted by atomic mass is 10.3. The molecule has 0 aliphatic carbocycles. The zero-order chi connectivity index (χ0) is 18.2. The molecule has 0 saturated carbocycles. The highest BCUT2D eigenvalue weighted by molar-refractivity contribution is 6.28. The van der Waals surface area contributed by atoms with Crippen LogP contribution in [0.4, 0.5) is 5.69 Å². The van der Waals surface area contributed by atoms with Crippen molar-refractivity contribution in [1.82, 2.24) is 0 Å². The van der Waals surface area contributed by atoms with Gasteiger partial charge in [-0.3, -0.25) is 9.59 Å². The lowest BCUT2D eigenvalue weighted by Crippen LogP contribution is -2.29. The normalized spacial score (nSPS) is 12.5. The Morgan fingerprint density at radius 1 is 0.538 bits per heavy atom. The maximum atomic E-state index is 11.2. The predicted octanol–water partition coefficient (Wildman–Crippen LogP) is 4.59. The summed E-state index contributed by atoms with van der Waals surface area (Å²) >= 11 is 0. The second kappa shape index (κ2) is 8.44. The van der Waals surface area contributed by atoms with Gasteiger partial charge in [0, 0.05) is 12.2 Å². The van der Waals surface area contributed by atoms with Crippen LogP contribution in [0.1, 0.15) is 0 Å². The van der Waals surface area contributed by atoms with Crippen molar-refractivity contribution in [2.24, 2.45) is 0 Å². The van der Waals surface area contributed by atoms with Gasteiger partial charge in [0.25, 0.3) is 11.8 Å². The van der Waals surface area contributed by atoms with E-state index in [9.17, 15) is 9.59 Å². The molecule has 1 aliphatic rings. The quantitative estimate of drug-likeness (QED) is 0.653. The van der Waals surface area contributed by atoms with Crippen molar-refractivity contribution in [3.8, 4) is 11.5 Å². The number of carbonyl (C=O) groups excluding carboxylic acids is 2. The number of hydrogen-bond donors (Lipinski definition) is 0. The van der Waals surface area contributed by atoms with E-state index in [1.54, 1.807) is 24.3 Å². The third-order valence-electron chi connectivity index (χ3n) is 3.55. The Hall–Kier alpha value is -3.66. The topological polar surface area (TPSA) is 46.6 Å². The van der Waals surface area contributed by atoms with Gasteiger partial charge in [-0.1, -0.05) is 54.6 Å². The maximum absolute atomic E-state index is 11.2. The average Bonchev–Trinajstić information content (AvgIpc) is 3.03. The molecule has 26 heavy (non-hydrogen) atoms. The van der Waals surface area contributed by atoms with Crippen LogP contribution in [-0.4, -0.2) is 11.8 Å². The van der Waals surface area contributed by atoms with Crippen LogP contribution in [0.3, 0.4) is 0 Å². The number of hydrogen-bond acceptors (Lipinski definition) is 3. The second-order valence-corrected chi connectivity index (χ2v) is 5.41. The lowest BCUT2D eigenvalue weighted by Gasteiger charge is -2.12. The summed E-state index contributed by atoms with van der Waals surface area (Å²) in [6.45, 7) is 0. The van der Waals surface area contributed by atoms with Crippen molar-refractivity contribution >= 4 is 17.5 Å². The zero-order valence-electron chi connectivity index (χ0n) is 14.0. The second-order valence-electron chi connectivity index (χ2n) is 5.41. The van der Waals surface area contributed by atoms with Gasteiger partial charge in [-0.15, -0.1) is 0 Å². The molecule has 0 N–H and O–H groups in total. The number of rotatable bonds is 3. The molecule has 2 amide bonds. The minimum Gasteiger partial charge on any atom is -0.457 e. The Morgan fingerprint density at radius 2 is 0.923 bits per heavy atom. The first-order valence-electron chi connectivity index (χ1n) is 8.13. The predicted molar refractivity (Wildman–Crippen MR) is 101 cm³/mol. The minimum atomic E-state index is -0.281. The maximum Gasteiger partial charge on any atom is 0.258 e. The highest BCUT2D eigenvalue weighted by Crippen LogP contribution is 2.19. The van der Waals surface area contributed by atoms with Gasteiger partial charge >= 0.3 is 0 Å². The van der Waals surface area contributed by atoms with Crippen molar-refractivity contribution in [1.29, 1.82) is 0 Å². The van der Waals surface area contributed by atoms with Gasteiger partial charge in [0.1, 0.15) is 11.5 Å². The number of anilines is 1. The number of ether oxygens (including phenoxy) is 1. The van der Waals surface area contributed by atoms with Crippen molar-refractivity contribution in [3.63, 3.8) is 0 Å². The van der Waals surface area contributed by atoms with E-state index in [4.69, 9.17) is 4.74 Å². The Balaban J connectivity index is 0.000000151. The monoisotopic (exact) mass is 343 g/mol. The minimum absolute atomic E-state index is 0.281. The number of benzene rings is 3. The van der Waals surface area contributed by atoms with Gasteiger partial charge in [-0.05, 0) is 36.4 Å². The van der Waals surface area contributed by atoms with Gasteiger partial charge < -0.3 is 4.74 Å². The molecule has 4 heteroatoms. The first-order chi connectivity index (χ1) is 12.7. The molecule has 1 heterocycles. The van der Waals surface area contributed by atoms with E-state index in [-0.39, 0.29) is 11.8 Å². The largest absolute Gasteiger partial charge is 0.457 e. The molecule has 0 saturated heterocycles. The Bertz CT molecular complexity index is 835. The Morgan fingerprint density at radius 3 is 1.35 bits per heavy atom. The van der Waals surface area contributed by atoms with Crippen molar-refractivity contribution in [3.05, 3.63) is 103 Å². The molecule has 0 fully saturated rings. The van der Waals surface area contributed by atoms with E-state index < -0.39 is 0 Å². The van der Waals surface area contributed by atoms with Gasteiger partial charge in [-0.25, -0.2) is 4.90 Å². The van der Waals surface area contributed by atoms with Crippen molar-refractivity contribution < 1.29 is 14.3 Å². The molecule has 0 unspecified atom stereocenters. The SMILES string of the molecule is O=C1C=CC(=O)N1c1ccccc1.c1ccc(Oc2ccccc2)cc1. The van der Waals surface area contributed by atoms with Gasteiger partial charge in [0.05, 0.1) is 5.69 Å². The number of imide groups is 1. The van der Waals surface area contributed by atoms with Crippen LogP contribution < -0.4 is 9.64 Å². The van der Waals surface area contributed by atoms with Crippen molar-refractivity contribution in [2.75, 3.05) is 4.90 Å². The third kappa shape index (κ3) is 4.45. The first kappa shape index (κ1) is 17.2. The average molecular weight is 343 g/mol. The van der Waals surface area contributed by atoms with Gasteiger partial charge in [0.2, 0.25) is 0 Å². The standard InChI is InChI=1S/C12H10O.C10H7NO2/c1-3-7-11(8-4-1)13-12-9-5-2-6-10-12;12-9-6-7-10(13)11(9)8-4-2-1-3-5-8/h1-10H;1-7H. The smallest absolute Gasteiger partial charge is 0.258 e. The van der Waals surface area contributed by atoms with Crippen LogP contribution in [0.5, 0.6) is 11.5 Å². The van der Waals surface area contributed by atoms with Crippen LogP contribution in [0.15, 0.2) is 103 Å². The summed E-state index contributed by atoms with van der Waals surface area (Å²) in [7, 11) is 0. The summed E-state index contributed by atoms with van der Waals surface area (Å²) in [6.07, 6.45) is 2.55. The van der Waals surface area contributed by atoms with E-state index >= 15 is 0 Å². The molecule has 3 aromatic rings. The zero-order valence-corrected chi connectivity index (χ0v) is 14.0. The molecule has 0 bridgehead atoms. The molecule has 0 atom stereocenters. The summed E-state index contributed by atoms with van der Waals surface area (Å²) in [5.41, 5.74) is 0.613. The molecule has 0 spiro atoms. The molecule has 0 aromatic heterocycles. The summed E-state index contributed by atoms with van der Waals surface area (Å²) in [6, 6.07) is 28.4. The van der Waals surface area contributed by atoms with E-state index in [1.807, 2.05) is 66.7 Å². The third-order valence-corrected chi connectivity index (χ3v) is 3.55. The van der Waals surface area contributed by atoms with E-state index in [2.05, 4.69) is 0 Å². The number of para-hydroxylation sites is 3. The highest BCUT2D eigenvalue weighted by Gasteiger charge is 2.24. The molecule has 128 valence electrons. The fourth-order valence-corrected chi connectivity index (χ4v) is 2.34. The molecule has 1 aliphatic heterocycles. The molecule has 0 radical (unpaired) electrons. The Kier molecular flexibility index (Phi) is 5.58. The van der Waals surface area contributed by atoms with E-state index in [0.29, 0.717) is 5.69 Å². The van der Waals surface area contributed by atoms with Crippen molar-refractivity contribution in [2.45, 2.75) is 0 Å². The molecular formula is C22H17NO3. The van der Waals surface area contributed by atoms with Crippen LogP contribution in [-0.2, 0) is 9.59 Å². The van der Waals surface area contributed by atoms with Crippen LogP contribution in [0, 0.1) is 0 Å².